The largest absolute Gasteiger partial charge is 0.467 e. The molecule has 178 valence electrons. The van der Waals surface area contributed by atoms with Crippen molar-refractivity contribution >= 4 is 17.4 Å². The fraction of sp³-hybridized carbons (Fsp3) is 0.458. The van der Waals surface area contributed by atoms with Crippen molar-refractivity contribution in [3.63, 3.8) is 0 Å². The molecule has 0 radical (unpaired) electrons. The van der Waals surface area contributed by atoms with Crippen LogP contribution in [0, 0.1) is 18.7 Å². The Hall–Kier alpha value is -3.56. The lowest BCUT2D eigenvalue weighted by molar-refractivity contribution is 0.0980. The standard InChI is InChI=1S/C24H27FN6O3/c1-13-27-20(34-30-13)11-14-3-5-15(6-4-14)17-8-7-16(12-18(17)25)31-10-9-19-21(23(31)32)22(26)29-24(28-19)33-2/h7-8,12,14-15H,3-6,9-11H2,1-2H3,(H2,26,28,29)/t14-,15-. The van der Waals surface area contributed by atoms with Gasteiger partial charge < -0.3 is 19.9 Å². The summed E-state index contributed by atoms with van der Waals surface area (Å²) in [5.41, 5.74) is 8.01. The molecule has 1 aliphatic heterocycles. The van der Waals surface area contributed by atoms with Gasteiger partial charge in [0.05, 0.1) is 12.8 Å². The molecule has 3 heterocycles. The molecule has 2 aliphatic rings. The minimum atomic E-state index is -0.328. The minimum Gasteiger partial charge on any atom is -0.467 e. The van der Waals surface area contributed by atoms with Crippen molar-refractivity contribution in [3.05, 3.63) is 52.6 Å². The van der Waals surface area contributed by atoms with Crippen LogP contribution in [-0.2, 0) is 12.8 Å². The van der Waals surface area contributed by atoms with Crippen molar-refractivity contribution in [3.8, 4) is 6.01 Å². The van der Waals surface area contributed by atoms with Gasteiger partial charge in [0.15, 0.2) is 5.82 Å². The maximum Gasteiger partial charge on any atom is 0.318 e. The number of aromatic nitrogens is 4. The van der Waals surface area contributed by atoms with E-state index >= 15 is 4.39 Å². The predicted octanol–water partition coefficient (Wildman–Crippen LogP) is 3.62. The number of ether oxygens (including phenoxy) is 1. The summed E-state index contributed by atoms with van der Waals surface area (Å²) in [7, 11) is 1.45. The lowest BCUT2D eigenvalue weighted by Crippen LogP contribution is -2.39. The number of methoxy groups -OCH3 is 1. The van der Waals surface area contributed by atoms with Gasteiger partial charge in [0.25, 0.3) is 5.91 Å². The van der Waals surface area contributed by atoms with Gasteiger partial charge in [-0.15, -0.1) is 0 Å². The first kappa shape index (κ1) is 22.2. The van der Waals surface area contributed by atoms with E-state index in [0.717, 1.165) is 32.1 Å². The van der Waals surface area contributed by atoms with E-state index in [1.54, 1.807) is 0 Å². The molecule has 3 aromatic rings. The second kappa shape index (κ2) is 9.00. The number of hydrogen-bond acceptors (Lipinski definition) is 8. The smallest absolute Gasteiger partial charge is 0.318 e. The highest BCUT2D eigenvalue weighted by molar-refractivity contribution is 6.10. The van der Waals surface area contributed by atoms with Crippen LogP contribution in [0.25, 0.3) is 0 Å². The zero-order valence-electron chi connectivity index (χ0n) is 19.3. The van der Waals surface area contributed by atoms with Gasteiger partial charge in [-0.25, -0.2) is 4.39 Å². The molecule has 1 aliphatic carbocycles. The molecule has 0 bridgehead atoms. The second-order valence-electron chi connectivity index (χ2n) is 8.99. The Labute approximate surface area is 196 Å². The number of fused-ring (bicyclic) bond motifs is 1. The summed E-state index contributed by atoms with van der Waals surface area (Å²) in [6.07, 6.45) is 5.03. The topological polar surface area (TPSA) is 120 Å². The quantitative estimate of drug-likeness (QED) is 0.605. The average Bonchev–Trinajstić information content (AvgIpc) is 3.24. The number of hydrogen-bond donors (Lipinski definition) is 1. The zero-order valence-corrected chi connectivity index (χ0v) is 19.3. The summed E-state index contributed by atoms with van der Waals surface area (Å²) < 4.78 is 25.5. The zero-order chi connectivity index (χ0) is 23.8. The molecule has 2 N–H and O–H groups in total. The van der Waals surface area contributed by atoms with Gasteiger partial charge >= 0.3 is 6.01 Å². The number of amides is 1. The van der Waals surface area contributed by atoms with E-state index in [1.807, 2.05) is 19.1 Å². The molecule has 2 aromatic heterocycles. The summed E-state index contributed by atoms with van der Waals surface area (Å²) in [6, 6.07) is 5.21. The van der Waals surface area contributed by atoms with E-state index < -0.39 is 0 Å². The third-order valence-electron chi connectivity index (χ3n) is 6.82. The molecule has 34 heavy (non-hydrogen) atoms. The van der Waals surface area contributed by atoms with Gasteiger partial charge in [-0.1, -0.05) is 11.2 Å². The highest BCUT2D eigenvalue weighted by Gasteiger charge is 2.31. The van der Waals surface area contributed by atoms with Crippen LogP contribution in [0.15, 0.2) is 22.7 Å². The van der Waals surface area contributed by atoms with Gasteiger partial charge in [0.1, 0.15) is 17.2 Å². The number of rotatable bonds is 5. The third kappa shape index (κ3) is 4.20. The summed E-state index contributed by atoms with van der Waals surface area (Å²) in [5.74, 6) is 1.41. The summed E-state index contributed by atoms with van der Waals surface area (Å²) in [5, 5.41) is 3.85. The van der Waals surface area contributed by atoms with Crippen molar-refractivity contribution in [1.82, 2.24) is 20.1 Å². The van der Waals surface area contributed by atoms with Crippen LogP contribution in [0.3, 0.4) is 0 Å². The first-order valence-corrected chi connectivity index (χ1v) is 11.5. The number of carbonyl (C=O) groups is 1. The molecule has 0 atom stereocenters. The Balaban J connectivity index is 1.28. The van der Waals surface area contributed by atoms with E-state index in [1.165, 1.54) is 18.1 Å². The lowest BCUT2D eigenvalue weighted by Gasteiger charge is -2.30. The van der Waals surface area contributed by atoms with Crippen molar-refractivity contribution in [2.75, 3.05) is 24.3 Å². The van der Waals surface area contributed by atoms with E-state index in [9.17, 15) is 4.79 Å². The second-order valence-corrected chi connectivity index (χ2v) is 8.99. The fourth-order valence-corrected chi connectivity index (χ4v) is 5.07. The van der Waals surface area contributed by atoms with Crippen LogP contribution in [0.5, 0.6) is 6.01 Å². The van der Waals surface area contributed by atoms with Crippen LogP contribution in [-0.4, -0.2) is 39.7 Å². The van der Waals surface area contributed by atoms with E-state index in [2.05, 4.69) is 20.1 Å². The third-order valence-corrected chi connectivity index (χ3v) is 6.82. The molecule has 9 nitrogen and oxygen atoms in total. The summed E-state index contributed by atoms with van der Waals surface area (Å²) in [4.78, 5) is 27.2. The van der Waals surface area contributed by atoms with E-state index in [-0.39, 0.29) is 35.0 Å². The molecule has 1 amide bonds. The Morgan fingerprint density at radius 2 is 2.00 bits per heavy atom. The number of nitrogens with zero attached hydrogens (tertiary/aromatic N) is 5. The molecular weight excluding hydrogens is 439 g/mol. The van der Waals surface area contributed by atoms with Gasteiger partial charge in [-0.3, -0.25) is 4.79 Å². The van der Waals surface area contributed by atoms with Gasteiger partial charge in [-0.05, 0) is 62.1 Å². The summed E-state index contributed by atoms with van der Waals surface area (Å²) >= 11 is 0. The maximum atomic E-state index is 15.2. The number of nitrogens with two attached hydrogens (primary N) is 1. The molecule has 1 saturated carbocycles. The molecule has 5 rings (SSSR count). The molecular formula is C24H27FN6O3. The highest BCUT2D eigenvalue weighted by Crippen LogP contribution is 2.39. The van der Waals surface area contributed by atoms with Crippen molar-refractivity contribution in [2.45, 2.75) is 51.4 Å². The lowest BCUT2D eigenvalue weighted by atomic mass is 9.77. The van der Waals surface area contributed by atoms with Crippen LogP contribution < -0.4 is 15.4 Å². The molecule has 0 saturated heterocycles. The van der Waals surface area contributed by atoms with Crippen LogP contribution >= 0.6 is 0 Å². The first-order chi connectivity index (χ1) is 16.4. The monoisotopic (exact) mass is 466 g/mol. The minimum absolute atomic E-state index is 0.0705. The van der Waals surface area contributed by atoms with Crippen LogP contribution in [0.1, 0.15) is 64.9 Å². The van der Waals surface area contributed by atoms with Crippen LogP contribution in [0.4, 0.5) is 15.9 Å². The van der Waals surface area contributed by atoms with Crippen molar-refractivity contribution in [2.24, 2.45) is 5.92 Å². The highest BCUT2D eigenvalue weighted by atomic mass is 19.1. The Morgan fingerprint density at radius 3 is 2.68 bits per heavy atom. The van der Waals surface area contributed by atoms with Gasteiger partial charge in [0.2, 0.25) is 5.89 Å². The number of aryl methyl sites for hydroxylation is 1. The normalized spacial score (nSPS) is 20.3. The number of carbonyl (C=O) groups excluding carboxylic acids is 1. The van der Waals surface area contributed by atoms with Crippen LogP contribution in [0.2, 0.25) is 0 Å². The van der Waals surface area contributed by atoms with Gasteiger partial charge in [0, 0.05) is 25.1 Å². The maximum absolute atomic E-state index is 15.2. The Kier molecular flexibility index (Phi) is 5.89. The Morgan fingerprint density at radius 1 is 1.21 bits per heavy atom. The average molecular weight is 467 g/mol. The molecule has 0 spiro atoms. The molecule has 1 fully saturated rings. The number of anilines is 2. The van der Waals surface area contributed by atoms with Crippen molar-refractivity contribution < 1.29 is 18.4 Å². The van der Waals surface area contributed by atoms with Gasteiger partial charge in [-0.2, -0.15) is 15.0 Å². The van der Waals surface area contributed by atoms with Crippen molar-refractivity contribution in [1.29, 1.82) is 0 Å². The summed E-state index contributed by atoms with van der Waals surface area (Å²) in [6.45, 7) is 2.19. The fourth-order valence-electron chi connectivity index (χ4n) is 5.07. The Bertz CT molecular complexity index is 1220. The molecule has 1 aromatic carbocycles. The number of nitrogen functional groups attached to an aromatic ring is 1. The van der Waals surface area contributed by atoms with E-state index in [0.29, 0.717) is 47.5 Å². The molecule has 10 heteroatoms. The van der Waals surface area contributed by atoms with E-state index in [4.69, 9.17) is 15.0 Å². The SMILES string of the molecule is COc1nc(N)c2c(n1)CCN(c1ccc([C@H]3CC[C@H](Cc4nc(C)no4)CC3)c(F)c1)C2=O. The first-order valence-electron chi connectivity index (χ1n) is 11.5. The number of halogens is 1. The predicted molar refractivity (Wildman–Crippen MR) is 122 cm³/mol. The number of benzene rings is 1. The molecule has 0 unspecified atom stereocenters.